The highest BCUT2D eigenvalue weighted by molar-refractivity contribution is 7.09. The van der Waals surface area contributed by atoms with Gasteiger partial charge in [-0.15, -0.1) is 11.3 Å². The number of hydrogen-bond acceptors (Lipinski definition) is 6. The second kappa shape index (κ2) is 10.8. The van der Waals surface area contributed by atoms with Crippen LogP contribution < -0.4 is 5.32 Å². The van der Waals surface area contributed by atoms with Gasteiger partial charge in [-0.25, -0.2) is 14.6 Å². The Morgan fingerprint density at radius 2 is 1.93 bits per heavy atom. The lowest BCUT2D eigenvalue weighted by atomic mass is 10.0. The summed E-state index contributed by atoms with van der Waals surface area (Å²) in [5.74, 6) is -0.0488. The van der Waals surface area contributed by atoms with Crippen LogP contribution in [0.5, 0.6) is 0 Å². The van der Waals surface area contributed by atoms with E-state index < -0.39 is 5.97 Å². The van der Waals surface area contributed by atoms with Crippen molar-refractivity contribution < 1.29 is 19.1 Å². The number of nitrogens with one attached hydrogen (secondary N) is 1. The third kappa shape index (κ3) is 6.31. The van der Waals surface area contributed by atoms with Crippen molar-refractivity contribution in [1.29, 1.82) is 0 Å². The highest BCUT2D eigenvalue weighted by Gasteiger charge is 2.18. The Morgan fingerprint density at radius 1 is 1.21 bits per heavy atom. The minimum atomic E-state index is -0.483. The van der Waals surface area contributed by atoms with Crippen molar-refractivity contribution in [3.63, 3.8) is 0 Å². The number of thiazole rings is 1. The van der Waals surface area contributed by atoms with Crippen LogP contribution in [0, 0.1) is 0 Å². The van der Waals surface area contributed by atoms with Gasteiger partial charge in [0, 0.05) is 31.3 Å². The fraction of sp³-hybridized carbons (Fsp3) is 0.450. The predicted octanol–water partition coefficient (Wildman–Crippen LogP) is 4.12. The molecule has 0 aliphatic rings. The number of ether oxygens (including phenoxy) is 2. The van der Waals surface area contributed by atoms with Crippen molar-refractivity contribution in [2.45, 2.75) is 32.7 Å². The van der Waals surface area contributed by atoms with Gasteiger partial charge in [-0.2, -0.15) is 0 Å². The number of nitrogens with zero attached hydrogens (tertiary/aromatic N) is 2. The van der Waals surface area contributed by atoms with Crippen LogP contribution in [0.2, 0.25) is 0 Å². The third-order valence-electron chi connectivity index (χ3n) is 4.16. The third-order valence-corrected chi connectivity index (χ3v) is 5.00. The first-order valence-electron chi connectivity index (χ1n) is 9.12. The van der Waals surface area contributed by atoms with Crippen molar-refractivity contribution in [3.05, 3.63) is 45.9 Å². The van der Waals surface area contributed by atoms with Crippen molar-refractivity contribution in [1.82, 2.24) is 9.88 Å². The summed E-state index contributed by atoms with van der Waals surface area (Å²) in [5.41, 5.74) is 2.21. The molecular weight excluding hydrogens is 378 g/mol. The Balaban J connectivity index is 2.06. The largest absolute Gasteiger partial charge is 0.464 e. The Labute approximate surface area is 169 Å². The molecule has 2 aromatic rings. The average molecular weight is 406 g/mol. The fourth-order valence-electron chi connectivity index (χ4n) is 2.55. The quantitative estimate of drug-likeness (QED) is 0.501. The molecule has 8 heteroatoms. The van der Waals surface area contributed by atoms with E-state index in [0.717, 1.165) is 5.69 Å². The van der Waals surface area contributed by atoms with E-state index in [4.69, 9.17) is 4.74 Å². The summed E-state index contributed by atoms with van der Waals surface area (Å²) in [6.07, 6.45) is 0.700. The van der Waals surface area contributed by atoms with Crippen LogP contribution in [-0.4, -0.2) is 49.3 Å². The van der Waals surface area contributed by atoms with E-state index in [1.165, 1.54) is 24.0 Å². The van der Waals surface area contributed by atoms with Crippen molar-refractivity contribution in [3.8, 4) is 0 Å². The molecule has 0 aliphatic heterocycles. The van der Waals surface area contributed by atoms with Crippen molar-refractivity contribution >= 4 is 29.0 Å². The Morgan fingerprint density at radius 3 is 2.54 bits per heavy atom. The van der Waals surface area contributed by atoms with Crippen LogP contribution >= 0.6 is 11.3 Å². The van der Waals surface area contributed by atoms with Crippen molar-refractivity contribution in [2.75, 3.05) is 32.7 Å². The summed E-state index contributed by atoms with van der Waals surface area (Å²) < 4.78 is 9.78. The molecule has 0 saturated carbocycles. The number of amides is 2. The maximum Gasteiger partial charge on any atom is 0.357 e. The lowest BCUT2D eigenvalue weighted by Crippen LogP contribution is -2.35. The highest BCUT2D eigenvalue weighted by Crippen LogP contribution is 2.18. The van der Waals surface area contributed by atoms with Gasteiger partial charge in [0.05, 0.1) is 13.7 Å². The molecule has 0 saturated heterocycles. The molecular formula is C20H27N3O4S. The number of benzene rings is 1. The fourth-order valence-corrected chi connectivity index (χ4v) is 3.33. The van der Waals surface area contributed by atoms with Crippen LogP contribution in [0.15, 0.2) is 29.6 Å². The summed E-state index contributed by atoms with van der Waals surface area (Å²) in [4.78, 5) is 30.3. The molecule has 1 heterocycles. The van der Waals surface area contributed by atoms with E-state index in [-0.39, 0.29) is 11.7 Å². The zero-order valence-electron chi connectivity index (χ0n) is 16.7. The number of esters is 1. The average Bonchev–Trinajstić information content (AvgIpc) is 3.15. The van der Waals surface area contributed by atoms with Gasteiger partial charge in [-0.3, -0.25) is 0 Å². The normalized spacial score (nSPS) is 10.8. The number of hydrogen-bond donors (Lipinski definition) is 1. The van der Waals surface area contributed by atoms with E-state index in [0.29, 0.717) is 37.0 Å². The van der Waals surface area contributed by atoms with E-state index in [2.05, 4.69) is 28.9 Å². The molecule has 152 valence electrons. The van der Waals surface area contributed by atoms with E-state index >= 15 is 0 Å². The van der Waals surface area contributed by atoms with Gasteiger partial charge in [0.15, 0.2) is 5.69 Å². The summed E-state index contributed by atoms with van der Waals surface area (Å²) in [6.45, 7) is 5.62. The number of methoxy groups -OCH3 is 2. The molecule has 2 rings (SSSR count). The highest BCUT2D eigenvalue weighted by atomic mass is 32.1. The van der Waals surface area contributed by atoms with Gasteiger partial charge < -0.3 is 19.7 Å². The molecule has 0 unspecified atom stereocenters. The van der Waals surface area contributed by atoms with Crippen LogP contribution in [0.3, 0.4) is 0 Å². The van der Waals surface area contributed by atoms with Crippen molar-refractivity contribution in [2.24, 2.45) is 0 Å². The molecule has 0 atom stereocenters. The lowest BCUT2D eigenvalue weighted by molar-refractivity contribution is 0.0594. The zero-order valence-corrected chi connectivity index (χ0v) is 17.5. The molecule has 0 bridgehead atoms. The lowest BCUT2D eigenvalue weighted by Gasteiger charge is -2.22. The van der Waals surface area contributed by atoms with Gasteiger partial charge in [-0.1, -0.05) is 26.0 Å². The summed E-state index contributed by atoms with van der Waals surface area (Å²) in [5, 5.41) is 5.23. The minimum absolute atomic E-state index is 0.219. The molecule has 2 amide bonds. The topological polar surface area (TPSA) is 80.8 Å². The second-order valence-electron chi connectivity index (χ2n) is 6.59. The molecule has 0 spiro atoms. The molecule has 0 fully saturated rings. The van der Waals surface area contributed by atoms with Gasteiger partial charge in [0.25, 0.3) is 0 Å². The number of anilines is 1. The predicted molar refractivity (Wildman–Crippen MR) is 110 cm³/mol. The number of carbonyl (C=O) groups excluding carboxylic acids is 2. The minimum Gasteiger partial charge on any atom is -0.464 e. The van der Waals surface area contributed by atoms with Gasteiger partial charge in [0.1, 0.15) is 5.01 Å². The molecule has 0 aliphatic carbocycles. The molecule has 1 aromatic carbocycles. The van der Waals surface area contributed by atoms with Gasteiger partial charge in [0.2, 0.25) is 0 Å². The second-order valence-corrected chi connectivity index (χ2v) is 7.54. The maximum atomic E-state index is 12.8. The standard InChI is InChI=1S/C20H27N3O4S/c1-14(2)15-6-8-16(9-7-15)21-20(25)23(10-5-11-26-3)12-18-22-17(13-28-18)19(24)27-4/h6-9,13-14H,5,10-12H2,1-4H3,(H,21,25). The van der Waals surface area contributed by atoms with Crippen LogP contribution in [-0.2, 0) is 16.0 Å². The Bertz CT molecular complexity index is 774. The van der Waals surface area contributed by atoms with E-state index in [1.54, 1.807) is 17.4 Å². The Kier molecular flexibility index (Phi) is 8.41. The SMILES string of the molecule is COCCCN(Cc1nc(C(=O)OC)cs1)C(=O)Nc1ccc(C(C)C)cc1. The monoisotopic (exact) mass is 405 g/mol. The van der Waals surface area contributed by atoms with Gasteiger partial charge >= 0.3 is 12.0 Å². The number of rotatable bonds is 9. The summed E-state index contributed by atoms with van der Waals surface area (Å²) >= 11 is 1.32. The van der Waals surface area contributed by atoms with Crippen LogP contribution in [0.25, 0.3) is 0 Å². The summed E-state index contributed by atoms with van der Waals surface area (Å²) in [6, 6.07) is 7.61. The van der Waals surface area contributed by atoms with Gasteiger partial charge in [-0.05, 0) is 30.0 Å². The van der Waals surface area contributed by atoms with E-state index in [9.17, 15) is 9.59 Å². The molecule has 7 nitrogen and oxygen atoms in total. The smallest absolute Gasteiger partial charge is 0.357 e. The molecule has 28 heavy (non-hydrogen) atoms. The number of urea groups is 1. The first-order chi connectivity index (χ1) is 13.4. The molecule has 1 aromatic heterocycles. The number of carbonyl (C=O) groups is 2. The van der Waals surface area contributed by atoms with Crippen LogP contribution in [0.4, 0.5) is 10.5 Å². The maximum absolute atomic E-state index is 12.8. The first kappa shape index (κ1) is 21.8. The number of aromatic nitrogens is 1. The van der Waals surface area contributed by atoms with Crippen LogP contribution in [0.1, 0.15) is 47.2 Å². The molecule has 0 radical (unpaired) electrons. The summed E-state index contributed by atoms with van der Waals surface area (Å²) in [7, 11) is 2.95. The Hall–Kier alpha value is -2.45. The zero-order chi connectivity index (χ0) is 20.5. The van der Waals surface area contributed by atoms with E-state index in [1.807, 2.05) is 24.3 Å². The molecule has 1 N–H and O–H groups in total. The first-order valence-corrected chi connectivity index (χ1v) is 10.00.